The van der Waals surface area contributed by atoms with E-state index in [4.69, 9.17) is 0 Å². The predicted molar refractivity (Wildman–Crippen MR) is 32.5 cm³/mol. The first kappa shape index (κ1) is 5.64. The number of hydrogen-bond donors (Lipinski definition) is 2. The molecule has 1 spiro atoms. The first-order chi connectivity index (χ1) is 4.12. The van der Waals surface area contributed by atoms with E-state index in [-0.39, 0.29) is 5.54 Å². The molecule has 9 heavy (non-hydrogen) atoms. The highest BCUT2D eigenvalue weighted by Gasteiger charge is 2.51. The Morgan fingerprint density at radius 3 is 2.00 bits per heavy atom. The molecule has 52 valence electrons. The first-order valence-electron chi connectivity index (χ1n) is 2.84. The summed E-state index contributed by atoms with van der Waals surface area (Å²) in [5.41, 5.74) is -0.0706. The molecular formula is C4H8N2O2S. The van der Waals surface area contributed by atoms with Crippen LogP contribution >= 0.6 is 0 Å². The van der Waals surface area contributed by atoms with Crippen molar-refractivity contribution in [2.75, 3.05) is 18.8 Å². The predicted octanol–water partition coefficient (Wildman–Crippen LogP) is -1.74. The minimum absolute atomic E-state index is 0.0706. The van der Waals surface area contributed by atoms with Crippen molar-refractivity contribution in [3.8, 4) is 0 Å². The van der Waals surface area contributed by atoms with E-state index in [0.717, 1.165) is 13.1 Å². The Bertz CT molecular complexity index is 215. The van der Waals surface area contributed by atoms with Crippen LogP contribution in [0.15, 0.2) is 0 Å². The van der Waals surface area contributed by atoms with Gasteiger partial charge in [-0.1, -0.05) is 0 Å². The Morgan fingerprint density at radius 1 is 1.33 bits per heavy atom. The Labute approximate surface area is 53.7 Å². The van der Waals surface area contributed by atoms with Gasteiger partial charge in [0.2, 0.25) is 10.0 Å². The van der Waals surface area contributed by atoms with E-state index < -0.39 is 10.0 Å². The van der Waals surface area contributed by atoms with Gasteiger partial charge >= 0.3 is 0 Å². The fourth-order valence-electron chi connectivity index (χ4n) is 1.28. The minimum atomic E-state index is -2.84. The van der Waals surface area contributed by atoms with Gasteiger partial charge in [0.25, 0.3) is 0 Å². The quantitative estimate of drug-likeness (QED) is 0.429. The molecule has 0 aliphatic carbocycles. The third-order valence-corrected chi connectivity index (χ3v) is 3.44. The fourth-order valence-corrected chi connectivity index (χ4v) is 2.99. The van der Waals surface area contributed by atoms with Crippen LogP contribution in [-0.4, -0.2) is 32.8 Å². The van der Waals surface area contributed by atoms with Crippen LogP contribution in [0.3, 0.4) is 0 Å². The zero-order chi connectivity index (χ0) is 6.54. The van der Waals surface area contributed by atoms with Crippen molar-refractivity contribution in [2.45, 2.75) is 5.54 Å². The van der Waals surface area contributed by atoms with Gasteiger partial charge in [-0.3, -0.25) is 0 Å². The van der Waals surface area contributed by atoms with Crippen LogP contribution in [0.4, 0.5) is 0 Å². The Kier molecular flexibility index (Phi) is 0.818. The van der Waals surface area contributed by atoms with Gasteiger partial charge in [0.15, 0.2) is 0 Å². The summed E-state index contributed by atoms with van der Waals surface area (Å²) < 4.78 is 23.7. The standard InChI is InChI=1S/C4H8N2O2S/c7-9(8)3-4(6-9)1-5-2-4/h5-6H,1-3H2. The molecule has 0 bridgehead atoms. The molecule has 2 rings (SSSR count). The maximum Gasteiger partial charge on any atom is 0.214 e. The van der Waals surface area contributed by atoms with Gasteiger partial charge in [-0.15, -0.1) is 0 Å². The molecule has 2 aliphatic heterocycles. The first-order valence-corrected chi connectivity index (χ1v) is 4.50. The zero-order valence-electron chi connectivity index (χ0n) is 4.85. The summed E-state index contributed by atoms with van der Waals surface area (Å²) in [6.07, 6.45) is 0. The van der Waals surface area contributed by atoms with Crippen molar-refractivity contribution >= 4 is 10.0 Å². The van der Waals surface area contributed by atoms with Crippen LogP contribution in [0, 0.1) is 0 Å². The Morgan fingerprint density at radius 2 is 1.89 bits per heavy atom. The Balaban J connectivity index is 2.12. The van der Waals surface area contributed by atoms with Crippen molar-refractivity contribution in [3.05, 3.63) is 0 Å². The molecule has 4 nitrogen and oxygen atoms in total. The molecule has 2 saturated heterocycles. The summed E-state index contributed by atoms with van der Waals surface area (Å²) in [4.78, 5) is 0. The lowest BCUT2D eigenvalue weighted by Crippen LogP contribution is -2.79. The number of hydrogen-bond acceptors (Lipinski definition) is 3. The lowest BCUT2D eigenvalue weighted by atomic mass is 9.96. The highest BCUT2D eigenvalue weighted by molar-refractivity contribution is 7.91. The molecular weight excluding hydrogens is 140 g/mol. The summed E-state index contributed by atoms with van der Waals surface area (Å²) in [5, 5.41) is 3.01. The molecule has 0 unspecified atom stereocenters. The van der Waals surface area contributed by atoms with E-state index in [1.807, 2.05) is 0 Å². The molecule has 0 aromatic heterocycles. The van der Waals surface area contributed by atoms with Gasteiger partial charge in [-0.05, 0) is 0 Å². The van der Waals surface area contributed by atoms with Crippen LogP contribution < -0.4 is 10.0 Å². The summed E-state index contributed by atoms with van der Waals surface area (Å²) in [6, 6.07) is 0. The van der Waals surface area contributed by atoms with E-state index in [9.17, 15) is 8.42 Å². The molecule has 0 atom stereocenters. The number of nitrogens with one attached hydrogen (secondary N) is 2. The molecule has 0 amide bonds. The lowest BCUT2D eigenvalue weighted by Gasteiger charge is -2.49. The van der Waals surface area contributed by atoms with E-state index in [1.165, 1.54) is 0 Å². The van der Waals surface area contributed by atoms with E-state index >= 15 is 0 Å². The fraction of sp³-hybridized carbons (Fsp3) is 1.00. The molecule has 2 fully saturated rings. The molecule has 2 heterocycles. The third kappa shape index (κ3) is 0.687. The molecule has 0 aromatic rings. The molecule has 2 N–H and O–H groups in total. The van der Waals surface area contributed by atoms with Gasteiger partial charge in [-0.25, -0.2) is 13.1 Å². The van der Waals surface area contributed by atoms with Gasteiger partial charge in [-0.2, -0.15) is 0 Å². The maximum atomic E-state index is 10.6. The lowest BCUT2D eigenvalue weighted by molar-refractivity contribution is 0.251. The number of sulfonamides is 1. The molecule has 0 aromatic carbocycles. The summed E-state index contributed by atoms with van der Waals surface area (Å²) in [5.74, 6) is 0.312. The molecule has 0 radical (unpaired) electrons. The third-order valence-electron chi connectivity index (χ3n) is 1.77. The van der Waals surface area contributed by atoms with E-state index in [0.29, 0.717) is 5.75 Å². The summed E-state index contributed by atoms with van der Waals surface area (Å²) in [6.45, 7) is 1.60. The van der Waals surface area contributed by atoms with Crippen LogP contribution in [0.25, 0.3) is 0 Å². The topological polar surface area (TPSA) is 58.2 Å². The average Bonchev–Trinajstić information content (AvgIpc) is 1.54. The summed E-state index contributed by atoms with van der Waals surface area (Å²) in [7, 11) is -2.84. The normalized spacial score (nSPS) is 35.1. The largest absolute Gasteiger partial charge is 0.313 e. The van der Waals surface area contributed by atoms with Gasteiger partial charge in [0, 0.05) is 13.1 Å². The van der Waals surface area contributed by atoms with Crippen LogP contribution in [0.5, 0.6) is 0 Å². The second-order valence-corrected chi connectivity index (χ2v) is 4.47. The monoisotopic (exact) mass is 148 g/mol. The zero-order valence-corrected chi connectivity index (χ0v) is 5.66. The second kappa shape index (κ2) is 1.31. The van der Waals surface area contributed by atoms with Gasteiger partial charge in [0.05, 0.1) is 11.3 Å². The SMILES string of the molecule is O=S1(=O)CC2(CNC2)N1. The second-order valence-electron chi connectivity index (χ2n) is 2.75. The van der Waals surface area contributed by atoms with E-state index in [1.54, 1.807) is 0 Å². The van der Waals surface area contributed by atoms with Crippen LogP contribution in [0.1, 0.15) is 0 Å². The van der Waals surface area contributed by atoms with Crippen molar-refractivity contribution in [1.29, 1.82) is 0 Å². The highest BCUT2D eigenvalue weighted by Crippen LogP contribution is 2.23. The van der Waals surface area contributed by atoms with Crippen LogP contribution in [0.2, 0.25) is 0 Å². The van der Waals surface area contributed by atoms with Crippen LogP contribution in [-0.2, 0) is 10.0 Å². The average molecular weight is 148 g/mol. The molecule has 0 saturated carbocycles. The number of rotatable bonds is 0. The summed E-state index contributed by atoms with van der Waals surface area (Å²) >= 11 is 0. The van der Waals surface area contributed by atoms with Crippen molar-refractivity contribution in [2.24, 2.45) is 0 Å². The van der Waals surface area contributed by atoms with Crippen molar-refractivity contribution in [1.82, 2.24) is 10.0 Å². The maximum absolute atomic E-state index is 10.6. The van der Waals surface area contributed by atoms with Crippen molar-refractivity contribution < 1.29 is 8.42 Å². The minimum Gasteiger partial charge on any atom is -0.313 e. The highest BCUT2D eigenvalue weighted by atomic mass is 32.2. The molecule has 2 aliphatic rings. The van der Waals surface area contributed by atoms with Crippen molar-refractivity contribution in [3.63, 3.8) is 0 Å². The molecule has 5 heteroatoms. The Hall–Kier alpha value is -0.130. The van der Waals surface area contributed by atoms with Gasteiger partial charge in [0.1, 0.15) is 0 Å². The smallest absolute Gasteiger partial charge is 0.214 e. The van der Waals surface area contributed by atoms with E-state index in [2.05, 4.69) is 10.0 Å². The van der Waals surface area contributed by atoms with Gasteiger partial charge < -0.3 is 5.32 Å².